The Morgan fingerprint density at radius 2 is 2.21 bits per heavy atom. The normalized spacial score (nSPS) is 14.8. The predicted octanol–water partition coefficient (Wildman–Crippen LogP) is 2.67. The number of hydrogen-bond donors (Lipinski definition) is 0. The van der Waals surface area contributed by atoms with Crippen LogP contribution in [0.15, 0.2) is 16.6 Å². The van der Waals surface area contributed by atoms with Crippen molar-refractivity contribution in [3.05, 3.63) is 27.7 Å². The van der Waals surface area contributed by atoms with E-state index < -0.39 is 0 Å². The van der Waals surface area contributed by atoms with Crippen LogP contribution in [0.4, 0.5) is 5.69 Å². The minimum Gasteiger partial charge on any atom is -0.312 e. The summed E-state index contributed by atoms with van der Waals surface area (Å²) < 4.78 is 1.08. The average Bonchev–Trinajstić information content (AvgIpc) is 2.49. The third-order valence-corrected chi connectivity index (χ3v) is 3.75. The molecule has 0 spiro atoms. The number of amides is 1. The molecule has 1 heterocycles. The maximum Gasteiger partial charge on any atom is 0.231 e. The molecule has 1 aliphatic rings. The fourth-order valence-electron chi connectivity index (χ4n) is 1.88. The van der Waals surface area contributed by atoms with Crippen LogP contribution in [-0.4, -0.2) is 12.5 Å². The second-order valence-corrected chi connectivity index (χ2v) is 4.30. The summed E-state index contributed by atoms with van der Waals surface area (Å²) in [6, 6.07) is 4.08. The maximum absolute atomic E-state index is 11.6. The van der Waals surface area contributed by atoms with Crippen molar-refractivity contribution in [2.45, 2.75) is 20.3 Å². The van der Waals surface area contributed by atoms with Crippen LogP contribution in [0.25, 0.3) is 0 Å². The first-order chi connectivity index (χ1) is 6.65. The van der Waals surface area contributed by atoms with Gasteiger partial charge < -0.3 is 4.90 Å². The summed E-state index contributed by atoms with van der Waals surface area (Å²) in [4.78, 5) is 13.5. The van der Waals surface area contributed by atoms with Gasteiger partial charge in [0.2, 0.25) is 5.91 Å². The average molecular weight is 254 g/mol. The lowest BCUT2D eigenvalue weighted by molar-refractivity contribution is -0.117. The van der Waals surface area contributed by atoms with Crippen molar-refractivity contribution < 1.29 is 4.79 Å². The highest BCUT2D eigenvalue weighted by Gasteiger charge is 2.27. The van der Waals surface area contributed by atoms with Gasteiger partial charge in [0.1, 0.15) is 0 Å². The van der Waals surface area contributed by atoms with Crippen molar-refractivity contribution in [3.8, 4) is 0 Å². The van der Waals surface area contributed by atoms with E-state index in [1.54, 1.807) is 0 Å². The molecule has 0 atom stereocenters. The minimum absolute atomic E-state index is 0.203. The quantitative estimate of drug-likeness (QED) is 0.754. The molecule has 14 heavy (non-hydrogen) atoms. The van der Waals surface area contributed by atoms with Crippen LogP contribution in [0.5, 0.6) is 0 Å². The number of benzene rings is 1. The van der Waals surface area contributed by atoms with E-state index in [-0.39, 0.29) is 5.91 Å². The zero-order chi connectivity index (χ0) is 10.3. The van der Waals surface area contributed by atoms with Crippen molar-refractivity contribution in [2.24, 2.45) is 0 Å². The molecule has 3 heteroatoms. The molecule has 2 rings (SSSR count). The largest absolute Gasteiger partial charge is 0.312 e. The Kier molecular flexibility index (Phi) is 2.35. The van der Waals surface area contributed by atoms with Crippen LogP contribution in [0.2, 0.25) is 0 Å². The zero-order valence-corrected chi connectivity index (χ0v) is 9.89. The number of anilines is 1. The van der Waals surface area contributed by atoms with Crippen molar-refractivity contribution in [1.82, 2.24) is 0 Å². The number of likely N-dealkylation sites (N-methyl/N-ethyl adjacent to an activating group) is 1. The summed E-state index contributed by atoms with van der Waals surface area (Å²) in [5, 5.41) is 0. The van der Waals surface area contributed by atoms with Crippen molar-refractivity contribution in [2.75, 3.05) is 11.4 Å². The Bertz CT molecular complexity index is 401. The first-order valence-corrected chi connectivity index (χ1v) is 5.52. The first-order valence-electron chi connectivity index (χ1n) is 4.73. The van der Waals surface area contributed by atoms with Crippen LogP contribution >= 0.6 is 15.9 Å². The topological polar surface area (TPSA) is 20.3 Å². The van der Waals surface area contributed by atoms with Gasteiger partial charge in [0.25, 0.3) is 0 Å². The van der Waals surface area contributed by atoms with E-state index >= 15 is 0 Å². The molecule has 0 N–H and O–H groups in total. The number of halogens is 1. The van der Waals surface area contributed by atoms with E-state index in [1.807, 2.05) is 30.9 Å². The molecule has 0 saturated heterocycles. The van der Waals surface area contributed by atoms with E-state index in [9.17, 15) is 4.79 Å². The van der Waals surface area contributed by atoms with Gasteiger partial charge in [0.15, 0.2) is 0 Å². The summed E-state index contributed by atoms with van der Waals surface area (Å²) in [5.41, 5.74) is 3.39. The van der Waals surface area contributed by atoms with Gasteiger partial charge in [-0.15, -0.1) is 0 Å². The molecular weight excluding hydrogens is 242 g/mol. The number of aryl methyl sites for hydroxylation is 1. The molecule has 1 aromatic rings. The van der Waals surface area contributed by atoms with Gasteiger partial charge >= 0.3 is 0 Å². The number of rotatable bonds is 1. The Balaban J connectivity index is 2.57. The van der Waals surface area contributed by atoms with Crippen LogP contribution < -0.4 is 4.90 Å². The third-order valence-electron chi connectivity index (χ3n) is 2.65. The molecule has 0 radical (unpaired) electrons. The molecule has 0 saturated carbocycles. The van der Waals surface area contributed by atoms with E-state index in [4.69, 9.17) is 0 Å². The van der Waals surface area contributed by atoms with Gasteiger partial charge in [-0.3, -0.25) is 4.79 Å². The molecule has 0 bridgehead atoms. The van der Waals surface area contributed by atoms with Crippen LogP contribution in [0.3, 0.4) is 0 Å². The SMILES string of the molecule is CCN1C(=O)Cc2c1ccc(C)c2Br. The van der Waals surface area contributed by atoms with Gasteiger partial charge in [-0.1, -0.05) is 22.0 Å². The van der Waals surface area contributed by atoms with Crippen LogP contribution in [-0.2, 0) is 11.2 Å². The summed E-state index contributed by atoms with van der Waals surface area (Å²) >= 11 is 3.54. The molecule has 2 nitrogen and oxygen atoms in total. The number of fused-ring (bicyclic) bond motifs is 1. The van der Waals surface area contributed by atoms with Crippen molar-refractivity contribution in [1.29, 1.82) is 0 Å². The Morgan fingerprint density at radius 3 is 2.86 bits per heavy atom. The van der Waals surface area contributed by atoms with E-state index in [2.05, 4.69) is 15.9 Å². The molecule has 1 aliphatic heterocycles. The van der Waals surface area contributed by atoms with E-state index in [0.29, 0.717) is 6.42 Å². The Labute approximate surface area is 92.0 Å². The van der Waals surface area contributed by atoms with Crippen LogP contribution in [0.1, 0.15) is 18.1 Å². The Hall–Kier alpha value is -0.830. The fourth-order valence-corrected chi connectivity index (χ4v) is 2.35. The summed E-state index contributed by atoms with van der Waals surface area (Å²) in [7, 11) is 0. The molecule has 1 amide bonds. The predicted molar refractivity (Wildman–Crippen MR) is 60.6 cm³/mol. The summed E-state index contributed by atoms with van der Waals surface area (Å²) in [5.74, 6) is 0.203. The smallest absolute Gasteiger partial charge is 0.231 e. The number of carbonyl (C=O) groups is 1. The first kappa shape index (κ1) is 9.71. The zero-order valence-electron chi connectivity index (χ0n) is 8.30. The monoisotopic (exact) mass is 253 g/mol. The molecule has 1 aromatic carbocycles. The molecule has 0 aliphatic carbocycles. The van der Waals surface area contributed by atoms with Gasteiger partial charge in [0, 0.05) is 16.7 Å². The summed E-state index contributed by atoms with van der Waals surface area (Å²) in [6.07, 6.45) is 0.533. The second-order valence-electron chi connectivity index (χ2n) is 3.51. The molecule has 0 fully saturated rings. The maximum atomic E-state index is 11.6. The highest BCUT2D eigenvalue weighted by molar-refractivity contribution is 9.10. The van der Waals surface area contributed by atoms with Crippen LogP contribution in [0, 0.1) is 6.92 Å². The lowest BCUT2D eigenvalue weighted by Gasteiger charge is -2.15. The second kappa shape index (κ2) is 3.39. The van der Waals surface area contributed by atoms with E-state index in [1.165, 1.54) is 5.56 Å². The summed E-state index contributed by atoms with van der Waals surface area (Å²) in [6.45, 7) is 4.80. The molecule has 74 valence electrons. The number of nitrogens with zero attached hydrogens (tertiary/aromatic N) is 1. The minimum atomic E-state index is 0.203. The highest BCUT2D eigenvalue weighted by Crippen LogP contribution is 2.35. The standard InChI is InChI=1S/C11H12BrNO/c1-3-13-9-5-4-7(2)11(12)8(9)6-10(13)14/h4-5H,3,6H2,1-2H3. The molecule has 0 unspecified atom stereocenters. The van der Waals surface area contributed by atoms with Crippen molar-refractivity contribution in [3.63, 3.8) is 0 Å². The Morgan fingerprint density at radius 1 is 1.50 bits per heavy atom. The van der Waals surface area contributed by atoms with Gasteiger partial charge in [-0.25, -0.2) is 0 Å². The fraction of sp³-hybridized carbons (Fsp3) is 0.364. The van der Waals surface area contributed by atoms with E-state index in [0.717, 1.165) is 22.3 Å². The van der Waals surface area contributed by atoms with Gasteiger partial charge in [0.05, 0.1) is 6.42 Å². The molecular formula is C11H12BrNO. The van der Waals surface area contributed by atoms with Crippen molar-refractivity contribution >= 4 is 27.5 Å². The lowest BCUT2D eigenvalue weighted by atomic mass is 10.1. The van der Waals surface area contributed by atoms with Gasteiger partial charge in [-0.2, -0.15) is 0 Å². The van der Waals surface area contributed by atoms with Gasteiger partial charge in [-0.05, 0) is 31.0 Å². The number of carbonyl (C=O) groups excluding carboxylic acids is 1. The lowest BCUT2D eigenvalue weighted by Crippen LogP contribution is -2.25. The molecule has 0 aromatic heterocycles. The highest BCUT2D eigenvalue weighted by atomic mass is 79.9. The third kappa shape index (κ3) is 1.27. The number of hydrogen-bond acceptors (Lipinski definition) is 1.